The van der Waals surface area contributed by atoms with Crippen LogP contribution in [0.1, 0.15) is 10.4 Å². The van der Waals surface area contributed by atoms with E-state index >= 15 is 0 Å². The molecule has 0 radical (unpaired) electrons. The lowest BCUT2D eigenvalue weighted by Gasteiger charge is -2.10. The number of carbonyl (C=O) groups is 1. The molecule has 0 spiro atoms. The molecular formula is C15H14O4. The molecular weight excluding hydrogens is 244 g/mol. The van der Waals surface area contributed by atoms with Crippen molar-refractivity contribution in [3.63, 3.8) is 0 Å². The Morgan fingerprint density at radius 2 is 1.68 bits per heavy atom. The van der Waals surface area contributed by atoms with Crippen LogP contribution in [-0.2, 0) is 4.74 Å². The molecule has 0 aliphatic rings. The van der Waals surface area contributed by atoms with Gasteiger partial charge in [-0.05, 0) is 30.3 Å². The van der Waals surface area contributed by atoms with E-state index in [0.29, 0.717) is 22.8 Å². The molecule has 0 aromatic heterocycles. The molecule has 0 saturated carbocycles. The summed E-state index contributed by atoms with van der Waals surface area (Å²) in [6.45, 7) is 0. The predicted octanol–water partition coefficient (Wildman–Crippen LogP) is 3.27. The van der Waals surface area contributed by atoms with Crippen molar-refractivity contribution >= 4 is 5.97 Å². The van der Waals surface area contributed by atoms with Gasteiger partial charge in [0.25, 0.3) is 0 Å². The maximum Gasteiger partial charge on any atom is 0.341 e. The molecule has 4 heteroatoms. The van der Waals surface area contributed by atoms with E-state index in [0.717, 1.165) is 0 Å². The quantitative estimate of drug-likeness (QED) is 0.789. The van der Waals surface area contributed by atoms with Crippen molar-refractivity contribution in [3.05, 3.63) is 54.1 Å². The predicted molar refractivity (Wildman–Crippen MR) is 70.8 cm³/mol. The maximum atomic E-state index is 11.6. The minimum atomic E-state index is -0.463. The standard InChI is InChI=1S/C15H14O4/c1-17-14-9-8-12(10-13(14)15(16)18-2)19-11-6-4-3-5-7-11/h3-10H,1-2H3. The average molecular weight is 258 g/mol. The second kappa shape index (κ2) is 5.91. The first-order chi connectivity index (χ1) is 9.24. The lowest BCUT2D eigenvalue weighted by molar-refractivity contribution is 0.0596. The first kappa shape index (κ1) is 13.0. The molecule has 0 N–H and O–H groups in total. The van der Waals surface area contributed by atoms with Crippen LogP contribution in [0.2, 0.25) is 0 Å². The summed E-state index contributed by atoms with van der Waals surface area (Å²) >= 11 is 0. The Bertz CT molecular complexity index is 564. The fourth-order valence-corrected chi connectivity index (χ4v) is 1.64. The van der Waals surface area contributed by atoms with Gasteiger partial charge in [0, 0.05) is 0 Å². The third-order valence-corrected chi connectivity index (χ3v) is 2.56. The minimum absolute atomic E-state index is 0.332. The number of carbonyl (C=O) groups excluding carboxylic acids is 1. The highest BCUT2D eigenvalue weighted by Gasteiger charge is 2.14. The molecule has 0 aliphatic carbocycles. The molecule has 0 fully saturated rings. The molecule has 98 valence electrons. The molecule has 2 rings (SSSR count). The lowest BCUT2D eigenvalue weighted by atomic mass is 10.2. The number of rotatable bonds is 4. The van der Waals surface area contributed by atoms with Crippen molar-refractivity contribution in [1.29, 1.82) is 0 Å². The Kier molecular flexibility index (Phi) is 4.03. The third kappa shape index (κ3) is 3.04. The molecule has 0 bridgehead atoms. The highest BCUT2D eigenvalue weighted by molar-refractivity contribution is 5.93. The van der Waals surface area contributed by atoms with Gasteiger partial charge in [-0.25, -0.2) is 4.79 Å². The topological polar surface area (TPSA) is 44.8 Å². The summed E-state index contributed by atoms with van der Waals surface area (Å²) in [5.74, 6) is 1.23. The van der Waals surface area contributed by atoms with E-state index < -0.39 is 5.97 Å². The number of methoxy groups -OCH3 is 2. The molecule has 0 aliphatic heterocycles. The van der Waals surface area contributed by atoms with E-state index in [4.69, 9.17) is 14.2 Å². The van der Waals surface area contributed by atoms with Crippen LogP contribution in [0.15, 0.2) is 48.5 Å². The lowest BCUT2D eigenvalue weighted by Crippen LogP contribution is -2.04. The zero-order valence-electron chi connectivity index (χ0n) is 10.8. The van der Waals surface area contributed by atoms with E-state index in [1.807, 2.05) is 30.3 Å². The third-order valence-electron chi connectivity index (χ3n) is 2.56. The number of esters is 1. The van der Waals surface area contributed by atoms with Gasteiger partial charge < -0.3 is 14.2 Å². The fraction of sp³-hybridized carbons (Fsp3) is 0.133. The van der Waals surface area contributed by atoms with Crippen molar-refractivity contribution in [3.8, 4) is 17.2 Å². The molecule has 19 heavy (non-hydrogen) atoms. The Labute approximate surface area is 111 Å². The Morgan fingerprint density at radius 1 is 0.947 bits per heavy atom. The summed E-state index contributed by atoms with van der Waals surface area (Å²) in [5.41, 5.74) is 0.332. The van der Waals surface area contributed by atoms with E-state index in [1.165, 1.54) is 14.2 Å². The van der Waals surface area contributed by atoms with Gasteiger partial charge in [-0.3, -0.25) is 0 Å². The summed E-state index contributed by atoms with van der Waals surface area (Å²) in [4.78, 5) is 11.6. The van der Waals surface area contributed by atoms with Gasteiger partial charge in [0.2, 0.25) is 0 Å². The first-order valence-corrected chi connectivity index (χ1v) is 5.74. The summed E-state index contributed by atoms with van der Waals surface area (Å²) < 4.78 is 15.5. The fourth-order valence-electron chi connectivity index (χ4n) is 1.64. The molecule has 0 amide bonds. The van der Waals surface area contributed by atoms with Crippen LogP contribution < -0.4 is 9.47 Å². The second-order valence-electron chi connectivity index (χ2n) is 3.77. The largest absolute Gasteiger partial charge is 0.496 e. The van der Waals surface area contributed by atoms with Gasteiger partial charge in [-0.1, -0.05) is 18.2 Å². The summed E-state index contributed by atoms with van der Waals surface area (Å²) in [6, 6.07) is 14.3. The highest BCUT2D eigenvalue weighted by atomic mass is 16.5. The average Bonchev–Trinajstić information content (AvgIpc) is 2.47. The number of benzene rings is 2. The van der Waals surface area contributed by atoms with Crippen LogP contribution in [0.3, 0.4) is 0 Å². The number of hydrogen-bond acceptors (Lipinski definition) is 4. The smallest absolute Gasteiger partial charge is 0.341 e. The van der Waals surface area contributed by atoms with Crippen molar-refractivity contribution in [2.24, 2.45) is 0 Å². The molecule has 0 atom stereocenters. The van der Waals surface area contributed by atoms with Gasteiger partial charge in [0.15, 0.2) is 0 Å². The van der Waals surface area contributed by atoms with E-state index in [-0.39, 0.29) is 0 Å². The van der Waals surface area contributed by atoms with Crippen LogP contribution in [0.5, 0.6) is 17.2 Å². The molecule has 0 saturated heterocycles. The van der Waals surface area contributed by atoms with Crippen molar-refractivity contribution in [1.82, 2.24) is 0 Å². The number of hydrogen-bond donors (Lipinski definition) is 0. The Morgan fingerprint density at radius 3 is 2.32 bits per heavy atom. The van der Waals surface area contributed by atoms with Crippen LogP contribution >= 0.6 is 0 Å². The van der Waals surface area contributed by atoms with Crippen LogP contribution in [0.4, 0.5) is 0 Å². The zero-order valence-corrected chi connectivity index (χ0v) is 10.8. The molecule has 2 aromatic rings. The number of para-hydroxylation sites is 1. The second-order valence-corrected chi connectivity index (χ2v) is 3.77. The molecule has 0 unspecified atom stereocenters. The molecule has 0 heterocycles. The van der Waals surface area contributed by atoms with E-state index in [1.54, 1.807) is 18.2 Å². The maximum absolute atomic E-state index is 11.6. The number of ether oxygens (including phenoxy) is 3. The highest BCUT2D eigenvalue weighted by Crippen LogP contribution is 2.28. The minimum Gasteiger partial charge on any atom is -0.496 e. The molecule has 4 nitrogen and oxygen atoms in total. The SMILES string of the molecule is COC(=O)c1cc(Oc2ccccc2)ccc1OC. The van der Waals surface area contributed by atoms with Gasteiger partial charge in [-0.2, -0.15) is 0 Å². The van der Waals surface area contributed by atoms with Crippen molar-refractivity contribution in [2.75, 3.05) is 14.2 Å². The van der Waals surface area contributed by atoms with E-state index in [2.05, 4.69) is 0 Å². The first-order valence-electron chi connectivity index (χ1n) is 5.74. The van der Waals surface area contributed by atoms with Gasteiger partial charge in [0.05, 0.1) is 14.2 Å². The Hall–Kier alpha value is -2.49. The summed E-state index contributed by atoms with van der Waals surface area (Å²) in [6.07, 6.45) is 0. The van der Waals surface area contributed by atoms with Crippen LogP contribution in [0.25, 0.3) is 0 Å². The monoisotopic (exact) mass is 258 g/mol. The van der Waals surface area contributed by atoms with Crippen molar-refractivity contribution < 1.29 is 19.0 Å². The van der Waals surface area contributed by atoms with Crippen LogP contribution in [0, 0.1) is 0 Å². The van der Waals surface area contributed by atoms with Gasteiger partial charge >= 0.3 is 5.97 Å². The summed E-state index contributed by atoms with van der Waals surface area (Å²) in [7, 11) is 2.83. The van der Waals surface area contributed by atoms with Gasteiger partial charge in [-0.15, -0.1) is 0 Å². The Balaban J connectivity index is 2.30. The zero-order chi connectivity index (χ0) is 13.7. The van der Waals surface area contributed by atoms with Crippen LogP contribution in [-0.4, -0.2) is 20.2 Å². The molecule has 2 aromatic carbocycles. The van der Waals surface area contributed by atoms with E-state index in [9.17, 15) is 4.79 Å². The van der Waals surface area contributed by atoms with Gasteiger partial charge in [0.1, 0.15) is 22.8 Å². The normalized spacial score (nSPS) is 9.79. The van der Waals surface area contributed by atoms with Crippen molar-refractivity contribution in [2.45, 2.75) is 0 Å². The summed E-state index contributed by atoms with van der Waals surface area (Å²) in [5, 5.41) is 0.